The van der Waals surface area contributed by atoms with Crippen LogP contribution in [0, 0.1) is 0 Å². The van der Waals surface area contributed by atoms with Crippen LogP contribution >= 0.6 is 0 Å². The summed E-state index contributed by atoms with van der Waals surface area (Å²) in [6.45, 7) is 7.11. The molecule has 9 nitrogen and oxygen atoms in total. The van der Waals surface area contributed by atoms with Gasteiger partial charge in [0.2, 0.25) is 23.6 Å². The predicted octanol–water partition coefficient (Wildman–Crippen LogP) is 2.92. The molecule has 3 aromatic rings. The fourth-order valence-electron chi connectivity index (χ4n) is 3.83. The Morgan fingerprint density at radius 2 is 1.46 bits per heavy atom. The molecule has 3 rings (SSSR count). The van der Waals surface area contributed by atoms with E-state index in [4.69, 9.17) is 4.84 Å². The van der Waals surface area contributed by atoms with Crippen LogP contribution < -0.4 is 21.4 Å². The zero-order valence-electron chi connectivity index (χ0n) is 22.7. The van der Waals surface area contributed by atoms with Crippen molar-refractivity contribution in [3.05, 3.63) is 83.9 Å². The maximum absolute atomic E-state index is 13.1. The first-order valence-electron chi connectivity index (χ1n) is 12.9. The van der Waals surface area contributed by atoms with Gasteiger partial charge in [0.05, 0.1) is 18.4 Å². The zero-order chi connectivity index (χ0) is 28.4. The normalized spacial score (nSPS) is 12.7. The fraction of sp³-hybridized carbons (Fsp3) is 0.333. The Kier molecular flexibility index (Phi) is 10.2. The van der Waals surface area contributed by atoms with Crippen molar-refractivity contribution in [3.63, 3.8) is 0 Å². The molecule has 4 N–H and O–H groups in total. The fourth-order valence-corrected chi connectivity index (χ4v) is 3.83. The zero-order valence-corrected chi connectivity index (χ0v) is 22.7. The van der Waals surface area contributed by atoms with Crippen molar-refractivity contribution < 1.29 is 24.0 Å². The van der Waals surface area contributed by atoms with E-state index in [1.807, 2.05) is 60.7 Å². The molecule has 3 aromatic carbocycles. The quantitative estimate of drug-likeness (QED) is 0.283. The summed E-state index contributed by atoms with van der Waals surface area (Å²) in [5.74, 6) is -2.07. The molecule has 9 heteroatoms. The molecule has 0 saturated carbocycles. The molecule has 0 bridgehead atoms. The second-order valence-corrected chi connectivity index (χ2v) is 10.3. The summed E-state index contributed by atoms with van der Waals surface area (Å²) in [6.07, 6.45) is -0.335. The largest absolute Gasteiger partial charge is 0.350 e. The van der Waals surface area contributed by atoms with E-state index in [-0.39, 0.29) is 19.4 Å². The molecule has 0 aliphatic rings. The lowest BCUT2D eigenvalue weighted by Gasteiger charge is -2.23. The van der Waals surface area contributed by atoms with Gasteiger partial charge in [0.25, 0.3) is 0 Å². The molecule has 4 amide bonds. The molecular formula is C30H36N4O5. The monoisotopic (exact) mass is 532 g/mol. The molecule has 0 fully saturated rings. The molecular weight excluding hydrogens is 496 g/mol. The Morgan fingerprint density at radius 3 is 2.18 bits per heavy atom. The Morgan fingerprint density at radius 1 is 0.795 bits per heavy atom. The van der Waals surface area contributed by atoms with Gasteiger partial charge in [-0.25, -0.2) is 5.48 Å². The number of hydrogen-bond donors (Lipinski definition) is 4. The number of benzene rings is 3. The van der Waals surface area contributed by atoms with E-state index < -0.39 is 41.3 Å². The van der Waals surface area contributed by atoms with Crippen LogP contribution in [0.5, 0.6) is 0 Å². The smallest absolute Gasteiger partial charge is 0.246 e. The van der Waals surface area contributed by atoms with Gasteiger partial charge in [0.15, 0.2) is 0 Å². The van der Waals surface area contributed by atoms with Gasteiger partial charge in [-0.3, -0.25) is 24.0 Å². The standard InChI is InChI=1S/C30H36N4O5/c1-20(28(37)31-19-23-15-10-14-22-13-8-9-16-24(22)23)32-29(38)25(18-27(36)34-39-30(2,3)4)33-26(35)17-21-11-6-5-7-12-21/h5-16,20,25H,17-19H2,1-4H3,(H,31,37)(H,32,38)(H,33,35)(H,34,36). The van der Waals surface area contributed by atoms with E-state index in [1.165, 1.54) is 0 Å². The Balaban J connectivity index is 1.62. The first-order chi connectivity index (χ1) is 18.5. The molecule has 39 heavy (non-hydrogen) atoms. The van der Waals surface area contributed by atoms with Crippen LogP contribution in [0.2, 0.25) is 0 Å². The highest BCUT2D eigenvalue weighted by Crippen LogP contribution is 2.18. The molecule has 206 valence electrons. The van der Waals surface area contributed by atoms with E-state index in [0.29, 0.717) is 0 Å². The summed E-state index contributed by atoms with van der Waals surface area (Å²) in [6, 6.07) is 20.6. The lowest BCUT2D eigenvalue weighted by atomic mass is 10.0. The van der Waals surface area contributed by atoms with Gasteiger partial charge < -0.3 is 16.0 Å². The SMILES string of the molecule is CC(NC(=O)C(CC(=O)NOC(C)(C)C)NC(=O)Cc1ccccc1)C(=O)NCc1cccc2ccccc12. The van der Waals surface area contributed by atoms with E-state index in [9.17, 15) is 19.2 Å². The first kappa shape index (κ1) is 29.3. The number of carbonyl (C=O) groups excluding carboxylic acids is 4. The van der Waals surface area contributed by atoms with Crippen LogP contribution in [0.25, 0.3) is 10.8 Å². The van der Waals surface area contributed by atoms with Gasteiger partial charge in [0.1, 0.15) is 12.1 Å². The average Bonchev–Trinajstić information content (AvgIpc) is 2.90. The molecule has 0 spiro atoms. The van der Waals surface area contributed by atoms with Crippen molar-refractivity contribution in [1.29, 1.82) is 0 Å². The van der Waals surface area contributed by atoms with Gasteiger partial charge in [-0.05, 0) is 49.6 Å². The van der Waals surface area contributed by atoms with Crippen molar-refractivity contribution in [2.24, 2.45) is 0 Å². The molecule has 0 aliphatic heterocycles. The number of fused-ring (bicyclic) bond motifs is 1. The second-order valence-electron chi connectivity index (χ2n) is 10.3. The van der Waals surface area contributed by atoms with Crippen LogP contribution in [0.15, 0.2) is 72.8 Å². The van der Waals surface area contributed by atoms with Crippen molar-refractivity contribution in [2.75, 3.05) is 0 Å². The molecule has 0 radical (unpaired) electrons. The maximum atomic E-state index is 13.1. The van der Waals surface area contributed by atoms with E-state index in [0.717, 1.165) is 21.9 Å². The summed E-state index contributed by atoms with van der Waals surface area (Å²) in [4.78, 5) is 56.4. The third kappa shape index (κ3) is 9.54. The van der Waals surface area contributed by atoms with Crippen LogP contribution in [-0.2, 0) is 37.0 Å². The summed E-state index contributed by atoms with van der Waals surface area (Å²) < 4.78 is 0. The summed E-state index contributed by atoms with van der Waals surface area (Å²) in [5, 5.41) is 10.2. The Bertz CT molecular complexity index is 1300. The molecule has 0 heterocycles. The third-order valence-corrected chi connectivity index (χ3v) is 5.80. The number of rotatable bonds is 11. The van der Waals surface area contributed by atoms with E-state index in [1.54, 1.807) is 39.8 Å². The van der Waals surface area contributed by atoms with E-state index in [2.05, 4.69) is 21.4 Å². The van der Waals surface area contributed by atoms with Crippen molar-refractivity contribution in [1.82, 2.24) is 21.4 Å². The molecule has 2 atom stereocenters. The van der Waals surface area contributed by atoms with E-state index >= 15 is 0 Å². The maximum Gasteiger partial charge on any atom is 0.246 e. The molecule has 2 unspecified atom stereocenters. The average molecular weight is 533 g/mol. The van der Waals surface area contributed by atoms with Gasteiger partial charge in [-0.15, -0.1) is 0 Å². The van der Waals surface area contributed by atoms with Gasteiger partial charge >= 0.3 is 0 Å². The van der Waals surface area contributed by atoms with Gasteiger partial charge in [-0.1, -0.05) is 72.8 Å². The minimum Gasteiger partial charge on any atom is -0.350 e. The summed E-state index contributed by atoms with van der Waals surface area (Å²) in [7, 11) is 0. The molecule has 0 saturated heterocycles. The number of carbonyl (C=O) groups is 4. The lowest BCUT2D eigenvalue weighted by molar-refractivity contribution is -0.147. The summed E-state index contributed by atoms with van der Waals surface area (Å²) >= 11 is 0. The number of hydroxylamine groups is 1. The molecule has 0 aliphatic carbocycles. The minimum atomic E-state index is -1.21. The van der Waals surface area contributed by atoms with Crippen molar-refractivity contribution >= 4 is 34.4 Å². The number of amides is 4. The molecule has 0 aromatic heterocycles. The van der Waals surface area contributed by atoms with Crippen LogP contribution in [0.1, 0.15) is 45.2 Å². The third-order valence-electron chi connectivity index (χ3n) is 5.80. The van der Waals surface area contributed by atoms with Crippen molar-refractivity contribution in [2.45, 2.75) is 64.8 Å². The summed E-state index contributed by atoms with van der Waals surface area (Å²) in [5.41, 5.74) is 3.38. The highest BCUT2D eigenvalue weighted by molar-refractivity contribution is 5.95. The Hall–Kier alpha value is -4.24. The topological polar surface area (TPSA) is 126 Å². The first-order valence-corrected chi connectivity index (χ1v) is 12.9. The Labute approximate surface area is 228 Å². The highest BCUT2D eigenvalue weighted by atomic mass is 16.7. The number of nitrogens with one attached hydrogen (secondary N) is 4. The minimum absolute atomic E-state index is 0.0335. The van der Waals surface area contributed by atoms with Crippen LogP contribution in [0.4, 0.5) is 0 Å². The van der Waals surface area contributed by atoms with Crippen LogP contribution in [-0.4, -0.2) is 41.3 Å². The highest BCUT2D eigenvalue weighted by Gasteiger charge is 2.27. The second kappa shape index (κ2) is 13.5. The van der Waals surface area contributed by atoms with Crippen LogP contribution in [0.3, 0.4) is 0 Å². The van der Waals surface area contributed by atoms with Gasteiger partial charge in [-0.2, -0.15) is 0 Å². The predicted molar refractivity (Wildman–Crippen MR) is 149 cm³/mol. The lowest BCUT2D eigenvalue weighted by Crippen LogP contribution is -2.54. The van der Waals surface area contributed by atoms with Crippen molar-refractivity contribution in [3.8, 4) is 0 Å². The number of hydrogen-bond acceptors (Lipinski definition) is 5. The van der Waals surface area contributed by atoms with Gasteiger partial charge in [0, 0.05) is 6.54 Å².